The lowest BCUT2D eigenvalue weighted by Gasteiger charge is -2.20. The smallest absolute Gasteiger partial charge is 0.223 e. The molecule has 9 heteroatoms. The van der Waals surface area contributed by atoms with Crippen LogP contribution in [-0.2, 0) is 9.59 Å². The van der Waals surface area contributed by atoms with Crippen molar-refractivity contribution in [1.82, 2.24) is 31.3 Å². The normalized spacial score (nSPS) is 12.9. The van der Waals surface area contributed by atoms with Gasteiger partial charge >= 0.3 is 0 Å². The number of hydrogen-bond donors (Lipinski definition) is 4. The highest BCUT2D eigenvalue weighted by atomic mass is 32.1. The van der Waals surface area contributed by atoms with E-state index in [1.54, 1.807) is 0 Å². The van der Waals surface area contributed by atoms with Gasteiger partial charge in [-0.3, -0.25) is 9.59 Å². The number of thiol groups is 1. The number of ketones is 1. The maximum Gasteiger partial charge on any atom is 0.223 e. The second-order valence-electron chi connectivity index (χ2n) is 9.31. The fourth-order valence-corrected chi connectivity index (χ4v) is 4.56. The zero-order valence-electron chi connectivity index (χ0n) is 21.2. The molecule has 2 atom stereocenters. The second-order valence-corrected chi connectivity index (χ2v) is 9.67. The van der Waals surface area contributed by atoms with Crippen LogP contribution in [0.15, 0.2) is 48.5 Å². The second kappa shape index (κ2) is 13.9. The summed E-state index contributed by atoms with van der Waals surface area (Å²) in [6, 6.07) is 15.4. The fraction of sp³-hybridized carbons (Fsp3) is 0.444. The van der Waals surface area contributed by atoms with Crippen molar-refractivity contribution in [2.45, 2.75) is 46.1 Å². The molecule has 0 fully saturated rings. The van der Waals surface area contributed by atoms with Crippen LogP contribution < -0.4 is 10.6 Å². The molecule has 0 aliphatic heterocycles. The van der Waals surface area contributed by atoms with Gasteiger partial charge in [-0.25, -0.2) is 0 Å². The van der Waals surface area contributed by atoms with Gasteiger partial charge in [-0.1, -0.05) is 69.3 Å². The highest BCUT2D eigenvalue weighted by Gasteiger charge is 2.21. The van der Waals surface area contributed by atoms with Crippen molar-refractivity contribution in [3.05, 3.63) is 54.1 Å². The average Bonchev–Trinajstić information content (AvgIpc) is 3.42. The molecule has 1 aromatic heterocycles. The summed E-state index contributed by atoms with van der Waals surface area (Å²) in [5.74, 6) is 1.54. The zero-order chi connectivity index (χ0) is 25.9. The maximum absolute atomic E-state index is 12.9. The first-order chi connectivity index (χ1) is 17.4. The highest BCUT2D eigenvalue weighted by molar-refractivity contribution is 7.80. The number of hydrogen-bond acceptors (Lipinski definition) is 7. The molecule has 3 aromatic rings. The minimum atomic E-state index is -0.431. The number of rotatable bonds is 14. The number of amides is 1. The third kappa shape index (κ3) is 7.48. The molecule has 0 aliphatic rings. The predicted molar refractivity (Wildman–Crippen MR) is 146 cm³/mol. The van der Waals surface area contributed by atoms with Crippen LogP contribution in [0.5, 0.6) is 0 Å². The maximum atomic E-state index is 12.9. The zero-order valence-corrected chi connectivity index (χ0v) is 22.1. The average molecular weight is 509 g/mol. The Hall–Kier alpha value is -3.04. The summed E-state index contributed by atoms with van der Waals surface area (Å²) in [5, 5.41) is 20.7. The van der Waals surface area contributed by atoms with Gasteiger partial charge < -0.3 is 10.6 Å². The molecule has 2 unspecified atom stereocenters. The fourth-order valence-electron chi connectivity index (χ4n) is 4.25. The number of aromatic nitrogens is 4. The number of nitrogens with one attached hydrogen (secondary N) is 3. The Kier molecular flexibility index (Phi) is 10.6. The van der Waals surface area contributed by atoms with E-state index in [0.717, 1.165) is 35.1 Å². The van der Waals surface area contributed by atoms with Crippen LogP contribution in [0.4, 0.5) is 0 Å². The number of carbonyl (C=O) groups is 2. The molecule has 0 aliphatic carbocycles. The Bertz CT molecular complexity index is 1100. The van der Waals surface area contributed by atoms with Gasteiger partial charge in [0.15, 0.2) is 5.78 Å². The first kappa shape index (κ1) is 27.5. The summed E-state index contributed by atoms with van der Waals surface area (Å²) in [5.41, 5.74) is 3.76. The molecule has 36 heavy (non-hydrogen) atoms. The van der Waals surface area contributed by atoms with Crippen molar-refractivity contribution < 1.29 is 9.59 Å². The summed E-state index contributed by atoms with van der Waals surface area (Å²) >= 11 is 4.33. The van der Waals surface area contributed by atoms with Gasteiger partial charge in [0.1, 0.15) is 0 Å². The number of tetrazole rings is 1. The van der Waals surface area contributed by atoms with E-state index in [0.29, 0.717) is 37.0 Å². The molecule has 3 N–H and O–H groups in total. The number of aromatic amines is 1. The Morgan fingerprint density at radius 3 is 2.36 bits per heavy atom. The standard InChI is InChI=1S/C27H36N6O2S/c1-4-7-24(34)25(28-14-15-29-27(35)21(17-36)16-18(2)3)20-12-10-19(11-13-20)22-8-5-6-9-23(22)26-30-32-33-31-26/h5-6,8-13,18,21,25,28,36H,4,7,14-17H2,1-3H3,(H,29,35)(H,30,31,32,33). The minimum Gasteiger partial charge on any atom is -0.355 e. The van der Waals surface area contributed by atoms with Crippen LogP contribution in [0.2, 0.25) is 0 Å². The minimum absolute atomic E-state index is 0.0153. The highest BCUT2D eigenvalue weighted by Crippen LogP contribution is 2.30. The molecule has 192 valence electrons. The van der Waals surface area contributed by atoms with Crippen molar-refractivity contribution in [3.63, 3.8) is 0 Å². The third-order valence-corrected chi connectivity index (χ3v) is 6.45. The van der Waals surface area contributed by atoms with Gasteiger partial charge in [0, 0.05) is 36.7 Å². The largest absolute Gasteiger partial charge is 0.355 e. The number of Topliss-reactive ketones (excluding diaryl/α,β-unsaturated/α-hetero) is 1. The van der Waals surface area contributed by atoms with Crippen LogP contribution in [0.3, 0.4) is 0 Å². The summed E-state index contributed by atoms with van der Waals surface area (Å²) in [6.07, 6.45) is 2.08. The molecule has 2 aromatic carbocycles. The first-order valence-corrected chi connectivity index (χ1v) is 13.2. The molecule has 1 heterocycles. The Morgan fingerprint density at radius 2 is 1.75 bits per heavy atom. The van der Waals surface area contributed by atoms with E-state index in [1.807, 2.05) is 55.5 Å². The Balaban J connectivity index is 1.69. The number of H-pyrrole nitrogens is 1. The first-order valence-electron chi connectivity index (χ1n) is 12.5. The summed E-state index contributed by atoms with van der Waals surface area (Å²) < 4.78 is 0. The monoisotopic (exact) mass is 508 g/mol. The van der Waals surface area contributed by atoms with E-state index in [9.17, 15) is 9.59 Å². The van der Waals surface area contributed by atoms with Gasteiger partial charge in [-0.05, 0) is 40.7 Å². The predicted octanol–water partition coefficient (Wildman–Crippen LogP) is 4.24. The summed E-state index contributed by atoms with van der Waals surface area (Å²) in [7, 11) is 0. The summed E-state index contributed by atoms with van der Waals surface area (Å²) in [4.78, 5) is 25.4. The molecule has 0 radical (unpaired) electrons. The van der Waals surface area contributed by atoms with E-state index in [2.05, 4.69) is 57.7 Å². The number of carbonyl (C=O) groups excluding carboxylic acids is 2. The summed E-state index contributed by atoms with van der Waals surface area (Å²) in [6.45, 7) is 7.15. The number of benzene rings is 2. The van der Waals surface area contributed by atoms with Crippen LogP contribution in [0.1, 0.15) is 51.6 Å². The van der Waals surface area contributed by atoms with Gasteiger partial charge in [-0.2, -0.15) is 17.8 Å². The molecule has 0 spiro atoms. The molecule has 0 saturated heterocycles. The SMILES string of the molecule is CCCC(=O)C(NCCNC(=O)C(CS)CC(C)C)c1ccc(-c2ccccc2-c2nn[nH]n2)cc1. The van der Waals surface area contributed by atoms with Gasteiger partial charge in [0.25, 0.3) is 0 Å². The molecular formula is C27H36N6O2S. The van der Waals surface area contributed by atoms with Crippen LogP contribution in [0, 0.1) is 11.8 Å². The molecule has 0 saturated carbocycles. The van der Waals surface area contributed by atoms with Crippen LogP contribution in [0.25, 0.3) is 22.5 Å². The Labute approximate surface area is 218 Å². The number of nitrogens with zero attached hydrogens (tertiary/aromatic N) is 3. The van der Waals surface area contributed by atoms with Gasteiger partial charge in [-0.15, -0.1) is 10.2 Å². The lowest BCUT2D eigenvalue weighted by atomic mass is 9.94. The van der Waals surface area contributed by atoms with Crippen LogP contribution in [-0.4, -0.2) is 51.2 Å². The van der Waals surface area contributed by atoms with Crippen molar-refractivity contribution in [3.8, 4) is 22.5 Å². The van der Waals surface area contributed by atoms with Crippen molar-refractivity contribution >= 4 is 24.3 Å². The van der Waals surface area contributed by atoms with E-state index in [-0.39, 0.29) is 17.6 Å². The van der Waals surface area contributed by atoms with E-state index >= 15 is 0 Å². The van der Waals surface area contributed by atoms with E-state index < -0.39 is 6.04 Å². The lowest BCUT2D eigenvalue weighted by Crippen LogP contribution is -2.39. The van der Waals surface area contributed by atoms with Gasteiger partial charge in [0.05, 0.1) is 6.04 Å². The van der Waals surface area contributed by atoms with E-state index in [1.165, 1.54) is 0 Å². The lowest BCUT2D eigenvalue weighted by molar-refractivity contribution is -0.124. The van der Waals surface area contributed by atoms with E-state index in [4.69, 9.17) is 0 Å². The molecule has 8 nitrogen and oxygen atoms in total. The molecule has 3 rings (SSSR count). The van der Waals surface area contributed by atoms with Crippen LogP contribution >= 0.6 is 12.6 Å². The molecule has 0 bridgehead atoms. The molecule has 1 amide bonds. The topological polar surface area (TPSA) is 113 Å². The molecular weight excluding hydrogens is 472 g/mol. The van der Waals surface area contributed by atoms with Gasteiger partial charge in [0.2, 0.25) is 11.7 Å². The Morgan fingerprint density at radius 1 is 1.03 bits per heavy atom. The quantitative estimate of drug-likeness (QED) is 0.191. The van der Waals surface area contributed by atoms with Crippen molar-refractivity contribution in [2.24, 2.45) is 11.8 Å². The van der Waals surface area contributed by atoms with Crippen molar-refractivity contribution in [1.29, 1.82) is 0 Å². The van der Waals surface area contributed by atoms with Crippen molar-refractivity contribution in [2.75, 3.05) is 18.8 Å². The third-order valence-electron chi connectivity index (χ3n) is 6.01.